The van der Waals surface area contributed by atoms with E-state index in [1.807, 2.05) is 56.3 Å². The molecule has 1 heterocycles. The average molecular weight is 563 g/mol. The summed E-state index contributed by atoms with van der Waals surface area (Å²) in [7, 11) is 1.60. The maximum atomic E-state index is 14.0. The average Bonchev–Trinajstić information content (AvgIpc) is 3.03. The van der Waals surface area contributed by atoms with E-state index in [1.54, 1.807) is 61.7 Å². The Balaban J connectivity index is 1.59. The molecule has 0 fully saturated rings. The van der Waals surface area contributed by atoms with Crippen LogP contribution < -0.4 is 24.3 Å². The fourth-order valence-corrected chi connectivity index (χ4v) is 4.43. The fourth-order valence-electron chi connectivity index (χ4n) is 4.43. The highest BCUT2D eigenvalue weighted by Crippen LogP contribution is 2.36. The zero-order chi connectivity index (χ0) is 29.5. The topological polar surface area (TPSA) is 96.0 Å². The van der Waals surface area contributed by atoms with Crippen molar-refractivity contribution in [3.63, 3.8) is 0 Å². The molecule has 5 aromatic rings. The fraction of sp³-hybridized carbons (Fsp3) is 0.147. The summed E-state index contributed by atoms with van der Waals surface area (Å²) in [5, 5.41) is 4.59. The van der Waals surface area contributed by atoms with Crippen molar-refractivity contribution in [2.24, 2.45) is 0 Å². The third-order valence-corrected chi connectivity index (χ3v) is 6.47. The Hall–Kier alpha value is -5.37. The predicted octanol–water partition coefficient (Wildman–Crippen LogP) is 7.23. The van der Waals surface area contributed by atoms with E-state index in [1.165, 1.54) is 0 Å². The van der Waals surface area contributed by atoms with Crippen molar-refractivity contribution >= 4 is 33.9 Å². The molecule has 212 valence electrons. The van der Waals surface area contributed by atoms with E-state index < -0.39 is 5.97 Å². The summed E-state index contributed by atoms with van der Waals surface area (Å²) in [4.78, 5) is 31.8. The molecule has 0 amide bonds. The minimum atomic E-state index is -0.606. The summed E-state index contributed by atoms with van der Waals surface area (Å²) >= 11 is 0. The Morgan fingerprint density at radius 1 is 0.690 bits per heavy atom. The van der Waals surface area contributed by atoms with Crippen LogP contribution in [0.15, 0.2) is 97.1 Å². The molecule has 0 saturated carbocycles. The molecular formula is C34H30N2O6. The number of aromatic nitrogens is 1. The Kier molecular flexibility index (Phi) is 8.63. The van der Waals surface area contributed by atoms with Crippen LogP contribution in [0.5, 0.6) is 23.1 Å². The van der Waals surface area contributed by atoms with Crippen LogP contribution >= 0.6 is 0 Å². The van der Waals surface area contributed by atoms with Crippen LogP contribution in [0.2, 0.25) is 0 Å². The first-order valence-electron chi connectivity index (χ1n) is 13.6. The van der Waals surface area contributed by atoms with Crippen molar-refractivity contribution in [1.29, 1.82) is 0 Å². The van der Waals surface area contributed by atoms with E-state index in [0.717, 1.165) is 5.69 Å². The number of pyridine rings is 1. The molecule has 8 nitrogen and oxygen atoms in total. The van der Waals surface area contributed by atoms with E-state index in [4.69, 9.17) is 18.9 Å². The van der Waals surface area contributed by atoms with Crippen molar-refractivity contribution in [2.75, 3.05) is 25.6 Å². The lowest BCUT2D eigenvalue weighted by Gasteiger charge is -2.17. The van der Waals surface area contributed by atoms with Crippen molar-refractivity contribution in [3.05, 3.63) is 114 Å². The molecule has 0 radical (unpaired) electrons. The highest BCUT2D eigenvalue weighted by molar-refractivity contribution is 6.16. The normalized spacial score (nSPS) is 10.6. The van der Waals surface area contributed by atoms with Gasteiger partial charge in [-0.05, 0) is 92.7 Å². The first-order chi connectivity index (χ1) is 20.5. The molecule has 1 aromatic heterocycles. The lowest BCUT2D eigenvalue weighted by molar-refractivity contribution is 0.0728. The summed E-state index contributed by atoms with van der Waals surface area (Å²) in [5.74, 6) is 1.07. The SMILES string of the molecule is CCOc1ccc(C(=O)Oc2nc(C(=O)c3ccc(OCC)cc3)c(Nc3ccc(OC)cc3)c3ccccc23)cc1. The number of methoxy groups -OCH3 is 1. The summed E-state index contributed by atoms with van der Waals surface area (Å²) in [6.07, 6.45) is 0. The van der Waals surface area contributed by atoms with Gasteiger partial charge in [-0.2, -0.15) is 0 Å². The number of anilines is 2. The first kappa shape index (κ1) is 28.2. The third kappa shape index (κ3) is 6.18. The maximum Gasteiger partial charge on any atom is 0.344 e. The lowest BCUT2D eigenvalue weighted by Crippen LogP contribution is -2.14. The minimum Gasteiger partial charge on any atom is -0.497 e. The zero-order valence-electron chi connectivity index (χ0n) is 23.5. The Labute approximate surface area is 243 Å². The third-order valence-electron chi connectivity index (χ3n) is 6.47. The zero-order valence-corrected chi connectivity index (χ0v) is 23.5. The Bertz CT molecular complexity index is 1700. The number of fused-ring (bicyclic) bond motifs is 1. The number of carbonyl (C=O) groups excluding carboxylic acids is 2. The van der Waals surface area contributed by atoms with Gasteiger partial charge in [0.1, 0.15) is 22.9 Å². The number of hydrogen-bond acceptors (Lipinski definition) is 8. The number of rotatable bonds is 11. The molecule has 42 heavy (non-hydrogen) atoms. The minimum absolute atomic E-state index is 0.0269. The highest BCUT2D eigenvalue weighted by atomic mass is 16.5. The van der Waals surface area contributed by atoms with E-state index in [9.17, 15) is 9.59 Å². The van der Waals surface area contributed by atoms with Crippen LogP contribution in [0.4, 0.5) is 11.4 Å². The molecule has 4 aromatic carbocycles. The van der Waals surface area contributed by atoms with Crippen LogP contribution in [-0.2, 0) is 0 Å². The van der Waals surface area contributed by atoms with Crippen LogP contribution in [0, 0.1) is 0 Å². The van der Waals surface area contributed by atoms with Gasteiger partial charge >= 0.3 is 5.97 Å². The lowest BCUT2D eigenvalue weighted by atomic mass is 10.0. The molecule has 0 aliphatic rings. The molecule has 0 atom stereocenters. The van der Waals surface area contributed by atoms with Crippen molar-refractivity contribution < 1.29 is 28.5 Å². The summed E-state index contributed by atoms with van der Waals surface area (Å²) < 4.78 is 22.1. The van der Waals surface area contributed by atoms with Crippen molar-refractivity contribution in [1.82, 2.24) is 4.98 Å². The maximum absolute atomic E-state index is 14.0. The molecule has 0 aliphatic carbocycles. The second kappa shape index (κ2) is 12.9. The largest absolute Gasteiger partial charge is 0.497 e. The van der Waals surface area contributed by atoms with E-state index in [-0.39, 0.29) is 17.4 Å². The van der Waals surface area contributed by atoms with E-state index >= 15 is 0 Å². The molecule has 5 rings (SSSR count). The van der Waals surface area contributed by atoms with Crippen LogP contribution in [-0.4, -0.2) is 37.1 Å². The number of nitrogens with one attached hydrogen (secondary N) is 1. The molecule has 0 aliphatic heterocycles. The number of ether oxygens (including phenoxy) is 4. The van der Waals surface area contributed by atoms with Gasteiger partial charge in [0, 0.05) is 22.0 Å². The number of hydrogen-bond donors (Lipinski definition) is 1. The second-order valence-electron chi connectivity index (χ2n) is 9.17. The first-order valence-corrected chi connectivity index (χ1v) is 13.6. The molecule has 1 N–H and O–H groups in total. The summed E-state index contributed by atoms with van der Waals surface area (Å²) in [6.45, 7) is 4.81. The van der Waals surface area contributed by atoms with Gasteiger partial charge in [0.25, 0.3) is 0 Å². The van der Waals surface area contributed by atoms with E-state index in [2.05, 4.69) is 10.3 Å². The quantitative estimate of drug-likeness (QED) is 0.133. The molecular weight excluding hydrogens is 532 g/mol. The van der Waals surface area contributed by atoms with Crippen LogP contribution in [0.25, 0.3) is 10.8 Å². The summed E-state index contributed by atoms with van der Waals surface area (Å²) in [5.41, 5.74) is 2.04. The van der Waals surface area contributed by atoms with Crippen LogP contribution in [0.3, 0.4) is 0 Å². The van der Waals surface area contributed by atoms with Gasteiger partial charge in [0.2, 0.25) is 11.7 Å². The monoisotopic (exact) mass is 562 g/mol. The van der Waals surface area contributed by atoms with Gasteiger partial charge in [0.05, 0.1) is 31.6 Å². The van der Waals surface area contributed by atoms with Gasteiger partial charge in [0.15, 0.2) is 0 Å². The number of ketones is 1. The van der Waals surface area contributed by atoms with Crippen molar-refractivity contribution in [2.45, 2.75) is 13.8 Å². The summed E-state index contributed by atoms with van der Waals surface area (Å²) in [6, 6.07) is 28.2. The van der Waals surface area contributed by atoms with Gasteiger partial charge < -0.3 is 24.3 Å². The van der Waals surface area contributed by atoms with Gasteiger partial charge in [-0.3, -0.25) is 4.79 Å². The molecule has 0 saturated heterocycles. The Morgan fingerprint density at radius 2 is 1.24 bits per heavy atom. The predicted molar refractivity (Wildman–Crippen MR) is 162 cm³/mol. The number of nitrogens with zero attached hydrogens (tertiary/aromatic N) is 1. The smallest absolute Gasteiger partial charge is 0.344 e. The molecule has 0 spiro atoms. The van der Waals surface area contributed by atoms with Gasteiger partial charge in [-0.25, -0.2) is 9.78 Å². The molecule has 0 bridgehead atoms. The molecule has 0 unspecified atom stereocenters. The Morgan fingerprint density at radius 3 is 1.81 bits per heavy atom. The van der Waals surface area contributed by atoms with Crippen LogP contribution in [0.1, 0.15) is 40.3 Å². The number of benzene rings is 4. The molecule has 8 heteroatoms. The van der Waals surface area contributed by atoms with Crippen molar-refractivity contribution in [3.8, 4) is 23.1 Å². The second-order valence-corrected chi connectivity index (χ2v) is 9.17. The van der Waals surface area contributed by atoms with E-state index in [0.29, 0.717) is 58.0 Å². The standard InChI is InChI=1S/C34H30N2O6/c1-4-40-26-16-10-22(11-17-26)32(37)31-30(35-24-14-20-25(39-3)21-15-24)28-8-6-7-9-29(28)33(36-31)42-34(38)23-12-18-27(19-13-23)41-5-2/h6-21,35H,4-5H2,1-3H3. The highest BCUT2D eigenvalue weighted by Gasteiger charge is 2.23. The van der Waals surface area contributed by atoms with Gasteiger partial charge in [-0.1, -0.05) is 18.2 Å². The number of carbonyl (C=O) groups is 2. The number of esters is 1. The van der Waals surface area contributed by atoms with Gasteiger partial charge in [-0.15, -0.1) is 0 Å².